The lowest BCUT2D eigenvalue weighted by Gasteiger charge is -2.26. The molecule has 182 valence electrons. The monoisotopic (exact) mass is 466 g/mol. The Bertz CT molecular complexity index is 872. The average molecular weight is 466 g/mol. The molecule has 12 nitrogen and oxygen atoms in total. The number of hydrogen-bond acceptors (Lipinski definition) is 7. The van der Waals surface area contributed by atoms with Gasteiger partial charge >= 0.3 is 11.9 Å². The molecule has 1 aromatic rings. The summed E-state index contributed by atoms with van der Waals surface area (Å²) in [5, 5.41) is 34.2. The van der Waals surface area contributed by atoms with Crippen LogP contribution in [0.4, 0.5) is 0 Å². The van der Waals surface area contributed by atoms with E-state index >= 15 is 0 Å². The van der Waals surface area contributed by atoms with Crippen LogP contribution in [0.3, 0.4) is 0 Å². The molecule has 3 amide bonds. The van der Waals surface area contributed by atoms with E-state index < -0.39 is 66.2 Å². The Balaban J connectivity index is 2.87. The summed E-state index contributed by atoms with van der Waals surface area (Å²) >= 11 is 0. The number of phenols is 1. The second-order valence-electron chi connectivity index (χ2n) is 7.93. The van der Waals surface area contributed by atoms with Gasteiger partial charge < -0.3 is 37.0 Å². The van der Waals surface area contributed by atoms with Gasteiger partial charge in [-0.05, 0) is 37.0 Å². The highest BCUT2D eigenvalue weighted by Crippen LogP contribution is 2.11. The smallest absolute Gasteiger partial charge is 0.325 e. The second-order valence-corrected chi connectivity index (χ2v) is 7.93. The molecule has 0 aliphatic rings. The fourth-order valence-corrected chi connectivity index (χ4v) is 2.80. The van der Waals surface area contributed by atoms with Gasteiger partial charge in [0.15, 0.2) is 0 Å². The van der Waals surface area contributed by atoms with E-state index in [2.05, 4.69) is 16.0 Å². The third-order valence-corrected chi connectivity index (χ3v) is 4.72. The van der Waals surface area contributed by atoms with Crippen molar-refractivity contribution in [1.82, 2.24) is 16.0 Å². The standard InChI is InChI=1S/C21H30N4O8/c1-10(2)17(25-18(29)14(22)8-12-4-6-13(26)7-5-12)20(31)24-15(9-16(27)28)19(30)23-11(3)21(32)33/h4-7,10-11,14-15,17,26H,8-9,22H2,1-3H3,(H,23,30)(H,24,31)(H,25,29)(H,27,28)(H,32,33). The SMILES string of the molecule is CC(NC(=O)C(CC(=O)O)NC(=O)C(NC(=O)C(N)Cc1ccc(O)cc1)C(C)C)C(=O)O. The van der Waals surface area contributed by atoms with E-state index in [0.29, 0.717) is 5.56 Å². The average Bonchev–Trinajstić information content (AvgIpc) is 2.71. The molecule has 4 unspecified atom stereocenters. The fraction of sp³-hybridized carbons (Fsp3) is 0.476. The van der Waals surface area contributed by atoms with Crippen molar-refractivity contribution >= 4 is 29.7 Å². The van der Waals surface area contributed by atoms with Crippen LogP contribution >= 0.6 is 0 Å². The number of nitrogens with one attached hydrogen (secondary N) is 3. The number of carbonyl (C=O) groups is 5. The number of rotatable bonds is 12. The number of carboxylic acids is 2. The minimum absolute atomic E-state index is 0.0611. The number of aromatic hydroxyl groups is 1. The summed E-state index contributed by atoms with van der Waals surface area (Å²) in [6, 6.07) is 1.09. The van der Waals surface area contributed by atoms with Crippen LogP contribution in [0.2, 0.25) is 0 Å². The summed E-state index contributed by atoms with van der Waals surface area (Å²) in [6.07, 6.45) is -0.654. The number of amides is 3. The molecule has 0 aliphatic heterocycles. The molecule has 0 bridgehead atoms. The third-order valence-electron chi connectivity index (χ3n) is 4.72. The summed E-state index contributed by atoms with van der Waals surface area (Å²) in [7, 11) is 0. The summed E-state index contributed by atoms with van der Waals surface area (Å²) in [5.74, 6) is -5.56. The molecule has 0 aromatic heterocycles. The third kappa shape index (κ3) is 9.15. The Morgan fingerprint density at radius 2 is 1.45 bits per heavy atom. The number of aliphatic carboxylic acids is 2. The Hall–Kier alpha value is -3.67. The molecule has 0 spiro atoms. The molecule has 0 aliphatic carbocycles. The van der Waals surface area contributed by atoms with Crippen molar-refractivity contribution in [2.24, 2.45) is 11.7 Å². The topological polar surface area (TPSA) is 208 Å². The minimum Gasteiger partial charge on any atom is -0.508 e. The van der Waals surface area contributed by atoms with Crippen LogP contribution in [0.15, 0.2) is 24.3 Å². The molecule has 0 saturated carbocycles. The normalized spacial score (nSPS) is 14.5. The maximum atomic E-state index is 12.8. The van der Waals surface area contributed by atoms with Gasteiger partial charge in [-0.2, -0.15) is 0 Å². The van der Waals surface area contributed by atoms with Gasteiger partial charge in [-0.3, -0.25) is 24.0 Å². The summed E-state index contributed by atoms with van der Waals surface area (Å²) < 4.78 is 0. The van der Waals surface area contributed by atoms with Gasteiger partial charge in [0.1, 0.15) is 23.9 Å². The van der Waals surface area contributed by atoms with Crippen LogP contribution in [0.25, 0.3) is 0 Å². The van der Waals surface area contributed by atoms with Gasteiger partial charge in [-0.15, -0.1) is 0 Å². The number of phenolic OH excluding ortho intramolecular Hbond substituents is 1. The Kier molecular flexibility index (Phi) is 10.3. The summed E-state index contributed by atoms with van der Waals surface area (Å²) in [5.41, 5.74) is 6.62. The molecule has 0 saturated heterocycles. The maximum absolute atomic E-state index is 12.8. The van der Waals surface area contributed by atoms with Crippen molar-refractivity contribution in [3.8, 4) is 5.75 Å². The molecule has 0 radical (unpaired) electrons. The Morgan fingerprint density at radius 1 is 0.879 bits per heavy atom. The molecule has 0 heterocycles. The lowest BCUT2D eigenvalue weighted by Crippen LogP contribution is -2.58. The number of benzene rings is 1. The zero-order valence-electron chi connectivity index (χ0n) is 18.6. The van der Waals surface area contributed by atoms with Gasteiger partial charge in [0.2, 0.25) is 17.7 Å². The van der Waals surface area contributed by atoms with E-state index in [-0.39, 0.29) is 12.2 Å². The number of carbonyl (C=O) groups excluding carboxylic acids is 3. The van der Waals surface area contributed by atoms with E-state index in [1.807, 2.05) is 0 Å². The van der Waals surface area contributed by atoms with Crippen LogP contribution < -0.4 is 21.7 Å². The van der Waals surface area contributed by atoms with Crippen LogP contribution in [0.1, 0.15) is 32.8 Å². The number of nitrogens with two attached hydrogens (primary N) is 1. The van der Waals surface area contributed by atoms with Crippen LogP contribution in [-0.2, 0) is 30.4 Å². The first-order valence-corrected chi connectivity index (χ1v) is 10.2. The van der Waals surface area contributed by atoms with E-state index in [9.17, 15) is 29.1 Å². The molecule has 33 heavy (non-hydrogen) atoms. The van der Waals surface area contributed by atoms with Crippen molar-refractivity contribution in [2.45, 2.75) is 57.8 Å². The molecular weight excluding hydrogens is 436 g/mol. The zero-order valence-corrected chi connectivity index (χ0v) is 18.6. The van der Waals surface area contributed by atoms with E-state index in [0.717, 1.165) is 0 Å². The molecule has 1 aromatic carbocycles. The Labute approximate surface area is 190 Å². The van der Waals surface area contributed by atoms with Crippen molar-refractivity contribution in [3.63, 3.8) is 0 Å². The first-order valence-electron chi connectivity index (χ1n) is 10.2. The van der Waals surface area contributed by atoms with Crippen LogP contribution in [-0.4, -0.2) is 69.1 Å². The van der Waals surface area contributed by atoms with Gasteiger partial charge in [0.25, 0.3) is 0 Å². The van der Waals surface area contributed by atoms with E-state index in [1.165, 1.54) is 19.1 Å². The molecule has 4 atom stereocenters. The molecule has 12 heteroatoms. The fourth-order valence-electron chi connectivity index (χ4n) is 2.80. The van der Waals surface area contributed by atoms with Gasteiger partial charge in [0, 0.05) is 0 Å². The first kappa shape index (κ1) is 27.4. The molecular formula is C21H30N4O8. The zero-order chi connectivity index (χ0) is 25.3. The lowest BCUT2D eigenvalue weighted by molar-refractivity contribution is -0.143. The molecule has 0 fully saturated rings. The van der Waals surface area contributed by atoms with E-state index in [1.54, 1.807) is 26.0 Å². The van der Waals surface area contributed by atoms with Gasteiger partial charge in [0.05, 0.1) is 12.5 Å². The largest absolute Gasteiger partial charge is 0.508 e. The van der Waals surface area contributed by atoms with Crippen molar-refractivity contribution in [3.05, 3.63) is 29.8 Å². The minimum atomic E-state index is -1.55. The summed E-state index contributed by atoms with van der Waals surface area (Å²) in [6.45, 7) is 4.45. The van der Waals surface area contributed by atoms with Crippen molar-refractivity contribution in [1.29, 1.82) is 0 Å². The highest BCUT2D eigenvalue weighted by atomic mass is 16.4. The van der Waals surface area contributed by atoms with Crippen molar-refractivity contribution in [2.75, 3.05) is 0 Å². The maximum Gasteiger partial charge on any atom is 0.325 e. The highest BCUT2D eigenvalue weighted by Gasteiger charge is 2.32. The summed E-state index contributed by atoms with van der Waals surface area (Å²) in [4.78, 5) is 59.7. The number of carboxylic acid groups (broad SMARTS) is 2. The van der Waals surface area contributed by atoms with Crippen LogP contribution in [0.5, 0.6) is 5.75 Å². The quantitative estimate of drug-likeness (QED) is 0.200. The van der Waals surface area contributed by atoms with Crippen molar-refractivity contribution < 1.29 is 39.3 Å². The highest BCUT2D eigenvalue weighted by molar-refractivity contribution is 5.95. The lowest BCUT2D eigenvalue weighted by atomic mass is 10.0. The van der Waals surface area contributed by atoms with E-state index in [4.69, 9.17) is 15.9 Å². The van der Waals surface area contributed by atoms with Crippen LogP contribution in [0, 0.1) is 5.92 Å². The predicted octanol–water partition coefficient (Wildman–Crippen LogP) is -1.05. The predicted molar refractivity (Wildman–Crippen MR) is 116 cm³/mol. The Morgan fingerprint density at radius 3 is 1.94 bits per heavy atom. The van der Waals surface area contributed by atoms with Gasteiger partial charge in [-0.1, -0.05) is 26.0 Å². The van der Waals surface area contributed by atoms with Gasteiger partial charge in [-0.25, -0.2) is 0 Å². The second kappa shape index (κ2) is 12.4. The molecule has 8 N–H and O–H groups in total. The first-order chi connectivity index (χ1) is 15.3. The molecule has 1 rings (SSSR count). The number of hydrogen-bond donors (Lipinski definition) is 7.